The van der Waals surface area contributed by atoms with Crippen LogP contribution >= 0.6 is 0 Å². The van der Waals surface area contributed by atoms with Gasteiger partial charge in [-0.3, -0.25) is 5.41 Å². The summed E-state index contributed by atoms with van der Waals surface area (Å²) in [5, 5.41) is 7.50. The van der Waals surface area contributed by atoms with Crippen molar-refractivity contribution < 1.29 is 9.47 Å². The van der Waals surface area contributed by atoms with Gasteiger partial charge < -0.3 is 20.1 Å². The highest BCUT2D eigenvalue weighted by Gasteiger charge is 2.19. The van der Waals surface area contributed by atoms with Crippen molar-refractivity contribution in [2.24, 2.45) is 5.73 Å². The summed E-state index contributed by atoms with van der Waals surface area (Å²) in [6, 6.07) is 3.77. The number of rotatable bonds is 4. The number of nitrogens with one attached hydrogen (secondary N) is 1. The first-order valence-corrected chi connectivity index (χ1v) is 6.86. The summed E-state index contributed by atoms with van der Waals surface area (Å²) in [6.07, 6.45) is 0.111. The maximum atomic E-state index is 7.50. The highest BCUT2D eigenvalue weighted by molar-refractivity contribution is 5.95. The summed E-state index contributed by atoms with van der Waals surface area (Å²) >= 11 is 0. The summed E-state index contributed by atoms with van der Waals surface area (Å²) in [7, 11) is 2.09. The van der Waals surface area contributed by atoms with Gasteiger partial charge in [-0.15, -0.1) is 0 Å². The predicted molar refractivity (Wildman–Crippen MR) is 79.7 cm³/mol. The number of amidine groups is 1. The molecule has 20 heavy (non-hydrogen) atoms. The highest BCUT2D eigenvalue weighted by atomic mass is 16.5. The molecule has 3 N–H and O–H groups in total. The Hall–Kier alpha value is -1.59. The van der Waals surface area contributed by atoms with E-state index in [9.17, 15) is 0 Å². The average molecular weight is 277 g/mol. The first-order valence-electron chi connectivity index (χ1n) is 6.86. The molecule has 0 aliphatic carbocycles. The van der Waals surface area contributed by atoms with Gasteiger partial charge in [0.25, 0.3) is 0 Å². The molecule has 5 heteroatoms. The number of nitrogen functional groups attached to an aromatic ring is 1. The number of aryl methyl sites for hydroxylation is 2. The Kier molecular flexibility index (Phi) is 4.62. The van der Waals surface area contributed by atoms with Crippen LogP contribution in [0.5, 0.6) is 5.75 Å². The van der Waals surface area contributed by atoms with Crippen molar-refractivity contribution in [2.45, 2.75) is 20.0 Å². The number of morpholine rings is 1. The standard InChI is InChI=1S/C15H23N3O2/c1-10-6-12(15(16)17)7-11(2)14(10)20-9-13-8-18(3)4-5-19-13/h6-7,13H,4-5,8-9H2,1-3H3,(H3,16,17). The maximum Gasteiger partial charge on any atom is 0.125 e. The minimum absolute atomic E-state index is 0.0833. The van der Waals surface area contributed by atoms with Crippen molar-refractivity contribution in [3.05, 3.63) is 28.8 Å². The van der Waals surface area contributed by atoms with E-state index in [1.54, 1.807) is 0 Å². The summed E-state index contributed by atoms with van der Waals surface area (Å²) in [6.45, 7) is 7.12. The van der Waals surface area contributed by atoms with E-state index in [4.69, 9.17) is 20.6 Å². The van der Waals surface area contributed by atoms with Crippen LogP contribution in [0, 0.1) is 19.3 Å². The Balaban J connectivity index is 2.04. The zero-order chi connectivity index (χ0) is 14.7. The van der Waals surface area contributed by atoms with Crippen molar-refractivity contribution in [1.82, 2.24) is 4.90 Å². The third-order valence-corrected chi connectivity index (χ3v) is 3.53. The van der Waals surface area contributed by atoms with E-state index in [1.165, 1.54) is 0 Å². The molecular weight excluding hydrogens is 254 g/mol. The number of benzene rings is 1. The van der Waals surface area contributed by atoms with Gasteiger partial charge in [-0.1, -0.05) is 0 Å². The Labute approximate surface area is 120 Å². The number of hydrogen-bond acceptors (Lipinski definition) is 4. The lowest BCUT2D eigenvalue weighted by molar-refractivity contribution is -0.0405. The molecule has 0 radical (unpaired) electrons. The van der Waals surface area contributed by atoms with Crippen LogP contribution in [0.3, 0.4) is 0 Å². The summed E-state index contributed by atoms with van der Waals surface area (Å²) in [4.78, 5) is 2.25. The molecule has 1 heterocycles. The van der Waals surface area contributed by atoms with Gasteiger partial charge in [0.05, 0.1) is 6.61 Å². The van der Waals surface area contributed by atoms with Crippen molar-refractivity contribution in [1.29, 1.82) is 5.41 Å². The van der Waals surface area contributed by atoms with Crippen molar-refractivity contribution in [2.75, 3.05) is 33.4 Å². The molecule has 0 bridgehead atoms. The lowest BCUT2D eigenvalue weighted by Crippen LogP contribution is -2.42. The molecule has 0 amide bonds. The van der Waals surface area contributed by atoms with Gasteiger partial charge in [-0.25, -0.2) is 0 Å². The van der Waals surface area contributed by atoms with E-state index in [1.807, 2.05) is 26.0 Å². The molecule has 1 unspecified atom stereocenters. The van der Waals surface area contributed by atoms with Crippen molar-refractivity contribution in [3.63, 3.8) is 0 Å². The van der Waals surface area contributed by atoms with Crippen LogP contribution in [0.15, 0.2) is 12.1 Å². The normalized spacial score (nSPS) is 19.9. The number of likely N-dealkylation sites (N-methyl/N-ethyl adjacent to an activating group) is 1. The topological polar surface area (TPSA) is 71.6 Å². The van der Waals surface area contributed by atoms with E-state index in [0.29, 0.717) is 6.61 Å². The van der Waals surface area contributed by atoms with Crippen LogP contribution in [-0.4, -0.2) is 50.2 Å². The van der Waals surface area contributed by atoms with Gasteiger partial charge in [0.15, 0.2) is 0 Å². The van der Waals surface area contributed by atoms with Crippen LogP contribution in [0.2, 0.25) is 0 Å². The maximum absolute atomic E-state index is 7.50. The minimum Gasteiger partial charge on any atom is -0.490 e. The molecule has 1 fully saturated rings. The number of nitrogens with zero attached hydrogens (tertiary/aromatic N) is 1. The summed E-state index contributed by atoms with van der Waals surface area (Å²) < 4.78 is 11.6. The zero-order valence-corrected chi connectivity index (χ0v) is 12.4. The van der Waals surface area contributed by atoms with Gasteiger partial charge in [-0.2, -0.15) is 0 Å². The minimum atomic E-state index is 0.0833. The van der Waals surface area contributed by atoms with Gasteiger partial charge in [-0.05, 0) is 44.2 Å². The van der Waals surface area contributed by atoms with Crippen molar-refractivity contribution >= 4 is 5.84 Å². The molecule has 2 rings (SSSR count). The van der Waals surface area contributed by atoms with Gasteiger partial charge in [0.1, 0.15) is 24.3 Å². The third-order valence-electron chi connectivity index (χ3n) is 3.53. The Morgan fingerprint density at radius 3 is 2.65 bits per heavy atom. The van der Waals surface area contributed by atoms with Crippen LogP contribution < -0.4 is 10.5 Å². The molecule has 0 aromatic heterocycles. The quantitative estimate of drug-likeness (QED) is 0.643. The second kappa shape index (κ2) is 6.24. The molecule has 0 saturated carbocycles. The molecule has 0 spiro atoms. The van der Waals surface area contributed by atoms with Gasteiger partial charge >= 0.3 is 0 Å². The lowest BCUT2D eigenvalue weighted by Gasteiger charge is -2.30. The Morgan fingerprint density at radius 1 is 1.45 bits per heavy atom. The second-order valence-corrected chi connectivity index (χ2v) is 5.42. The predicted octanol–water partition coefficient (Wildman–Crippen LogP) is 1.30. The van der Waals surface area contributed by atoms with E-state index >= 15 is 0 Å². The SMILES string of the molecule is Cc1cc(C(=N)N)cc(C)c1OCC1CN(C)CCO1. The van der Waals surface area contributed by atoms with Gasteiger partial charge in [0, 0.05) is 18.7 Å². The van der Waals surface area contributed by atoms with Crippen LogP contribution in [0.25, 0.3) is 0 Å². The van der Waals surface area contributed by atoms with Crippen LogP contribution in [-0.2, 0) is 4.74 Å². The van der Waals surface area contributed by atoms with E-state index in [2.05, 4.69) is 11.9 Å². The fraction of sp³-hybridized carbons (Fsp3) is 0.533. The molecule has 110 valence electrons. The fourth-order valence-electron chi connectivity index (χ4n) is 2.48. The van der Waals surface area contributed by atoms with Gasteiger partial charge in [0.2, 0.25) is 0 Å². The third kappa shape index (κ3) is 3.49. The summed E-state index contributed by atoms with van der Waals surface area (Å²) in [5.74, 6) is 0.951. The van der Waals surface area contributed by atoms with Crippen LogP contribution in [0.4, 0.5) is 0 Å². The monoisotopic (exact) mass is 277 g/mol. The average Bonchev–Trinajstić information content (AvgIpc) is 2.37. The van der Waals surface area contributed by atoms with E-state index in [-0.39, 0.29) is 11.9 Å². The molecule has 1 aliphatic rings. The molecular formula is C15H23N3O2. The zero-order valence-electron chi connectivity index (χ0n) is 12.4. The molecule has 1 saturated heterocycles. The van der Waals surface area contributed by atoms with Crippen LogP contribution in [0.1, 0.15) is 16.7 Å². The molecule has 5 nitrogen and oxygen atoms in total. The Morgan fingerprint density at radius 2 is 2.10 bits per heavy atom. The summed E-state index contributed by atoms with van der Waals surface area (Å²) in [5.41, 5.74) is 8.26. The fourth-order valence-corrected chi connectivity index (χ4v) is 2.48. The number of ether oxygens (including phenoxy) is 2. The smallest absolute Gasteiger partial charge is 0.125 e. The molecule has 1 atom stereocenters. The van der Waals surface area contributed by atoms with Crippen molar-refractivity contribution in [3.8, 4) is 5.75 Å². The molecule has 1 aromatic carbocycles. The number of nitrogens with two attached hydrogens (primary N) is 1. The number of hydrogen-bond donors (Lipinski definition) is 2. The Bertz CT molecular complexity index is 479. The van der Waals surface area contributed by atoms with E-state index < -0.39 is 0 Å². The lowest BCUT2D eigenvalue weighted by atomic mass is 10.1. The van der Waals surface area contributed by atoms with E-state index in [0.717, 1.165) is 42.1 Å². The largest absolute Gasteiger partial charge is 0.490 e. The molecule has 1 aliphatic heterocycles. The second-order valence-electron chi connectivity index (χ2n) is 5.42. The first-order chi connectivity index (χ1) is 9.47. The highest BCUT2D eigenvalue weighted by Crippen LogP contribution is 2.25. The molecule has 1 aromatic rings. The first kappa shape index (κ1) is 14.8.